The summed E-state index contributed by atoms with van der Waals surface area (Å²) in [6, 6.07) is 13.2. The molecule has 0 unspecified atom stereocenters. The normalized spacial score (nSPS) is 17.3. The maximum Gasteiger partial charge on any atom is 0.0874 e. The standard InChI is InChI=1S/C28H40Cl2N2S/c1-17(2)23-13-11-14-24(18(3)4)27(23)31-21(9)22(10)32(33(31,29)30)28-25(19(5)6)15-12-16-26(28)20(7)8/h11-20H,1-10H3. The molecule has 0 aliphatic carbocycles. The summed E-state index contributed by atoms with van der Waals surface area (Å²) < 4.78 is 4.49. The van der Waals surface area contributed by atoms with Crippen molar-refractivity contribution in [2.24, 2.45) is 0 Å². The fourth-order valence-corrected chi connectivity index (χ4v) is 8.77. The van der Waals surface area contributed by atoms with Gasteiger partial charge in [-0.3, -0.25) is 8.61 Å². The van der Waals surface area contributed by atoms with Crippen LogP contribution in [0.25, 0.3) is 0 Å². The van der Waals surface area contributed by atoms with E-state index in [1.165, 1.54) is 33.6 Å². The Hall–Kier alpha value is -1.29. The molecule has 0 saturated carbocycles. The maximum absolute atomic E-state index is 7.52. The highest BCUT2D eigenvalue weighted by Gasteiger charge is 2.47. The van der Waals surface area contributed by atoms with Crippen LogP contribution in [0.4, 0.5) is 11.4 Å². The van der Waals surface area contributed by atoms with Crippen molar-refractivity contribution in [2.75, 3.05) is 8.61 Å². The minimum atomic E-state index is -2.42. The van der Waals surface area contributed by atoms with E-state index in [1.54, 1.807) is 0 Å². The summed E-state index contributed by atoms with van der Waals surface area (Å²) in [5.74, 6) is 1.44. The van der Waals surface area contributed by atoms with Gasteiger partial charge in [-0.2, -0.15) is 0 Å². The van der Waals surface area contributed by atoms with Crippen LogP contribution < -0.4 is 8.61 Å². The Bertz CT molecular complexity index is 920. The summed E-state index contributed by atoms with van der Waals surface area (Å²) >= 11 is 0. The summed E-state index contributed by atoms with van der Waals surface area (Å²) in [6.45, 7) is 22.3. The largest absolute Gasteiger partial charge is 0.265 e. The van der Waals surface area contributed by atoms with E-state index in [0.717, 1.165) is 11.4 Å². The number of allylic oxidation sites excluding steroid dienone is 2. The first-order chi connectivity index (χ1) is 15.3. The van der Waals surface area contributed by atoms with Gasteiger partial charge in [-0.15, -0.1) is 0 Å². The molecule has 0 atom stereocenters. The van der Waals surface area contributed by atoms with Gasteiger partial charge in [0.25, 0.3) is 0 Å². The van der Waals surface area contributed by atoms with Crippen LogP contribution in [0.5, 0.6) is 0 Å². The molecule has 1 heterocycles. The molecule has 3 rings (SSSR count). The van der Waals surface area contributed by atoms with Gasteiger partial charge >= 0.3 is 0 Å². The monoisotopic (exact) mass is 506 g/mol. The summed E-state index contributed by atoms with van der Waals surface area (Å²) in [6.07, 6.45) is 0. The van der Waals surface area contributed by atoms with Crippen LogP contribution in [0.1, 0.15) is 115 Å². The molecule has 0 radical (unpaired) electrons. The van der Waals surface area contributed by atoms with E-state index in [9.17, 15) is 0 Å². The van der Waals surface area contributed by atoms with E-state index in [-0.39, 0.29) is 0 Å². The van der Waals surface area contributed by atoms with E-state index in [0.29, 0.717) is 23.7 Å². The van der Waals surface area contributed by atoms with Gasteiger partial charge < -0.3 is 0 Å². The zero-order valence-corrected chi connectivity index (χ0v) is 24.2. The molecule has 0 saturated heterocycles. The number of halogens is 2. The second-order valence-corrected chi connectivity index (χ2v) is 15.0. The molecule has 0 fully saturated rings. The summed E-state index contributed by atoms with van der Waals surface area (Å²) in [7, 11) is 12.6. The van der Waals surface area contributed by atoms with Crippen molar-refractivity contribution >= 4 is 41.6 Å². The molecule has 2 aromatic rings. The van der Waals surface area contributed by atoms with Crippen molar-refractivity contribution in [1.29, 1.82) is 0 Å². The molecule has 0 amide bonds. The number of hydrogen-bond donors (Lipinski definition) is 0. The topological polar surface area (TPSA) is 6.48 Å². The smallest absolute Gasteiger partial charge is 0.0874 e. The molecule has 0 N–H and O–H groups in total. The molecule has 5 heteroatoms. The molecular formula is C28H40Cl2N2S. The van der Waals surface area contributed by atoms with Gasteiger partial charge in [0.15, 0.2) is 0 Å². The number of rotatable bonds is 6. The number of nitrogens with zero attached hydrogens (tertiary/aromatic N) is 2. The van der Waals surface area contributed by atoms with Gasteiger partial charge in [0.1, 0.15) is 0 Å². The Morgan fingerprint density at radius 2 is 0.788 bits per heavy atom. The molecule has 1 aliphatic heterocycles. The van der Waals surface area contributed by atoms with E-state index in [2.05, 4.69) is 114 Å². The predicted molar refractivity (Wildman–Crippen MR) is 152 cm³/mol. The van der Waals surface area contributed by atoms with E-state index >= 15 is 0 Å². The summed E-state index contributed by atoms with van der Waals surface area (Å²) in [5, 5.41) is 0. The molecule has 1 aliphatic rings. The highest BCUT2D eigenvalue weighted by Crippen LogP contribution is 2.74. The first-order valence-electron chi connectivity index (χ1n) is 12.1. The second-order valence-electron chi connectivity index (χ2n) is 10.4. The summed E-state index contributed by atoms with van der Waals surface area (Å²) in [5.41, 5.74) is 9.75. The molecule has 2 nitrogen and oxygen atoms in total. The Balaban J connectivity index is 2.34. The van der Waals surface area contributed by atoms with Crippen molar-refractivity contribution in [1.82, 2.24) is 0 Å². The van der Waals surface area contributed by atoms with Gasteiger partial charge in [0, 0.05) is 11.4 Å². The van der Waals surface area contributed by atoms with Crippen molar-refractivity contribution < 1.29 is 0 Å². The lowest BCUT2D eigenvalue weighted by Crippen LogP contribution is -2.27. The van der Waals surface area contributed by atoms with Crippen molar-refractivity contribution in [2.45, 2.75) is 92.9 Å². The number of para-hydroxylation sites is 2. The maximum atomic E-state index is 7.52. The third-order valence-corrected chi connectivity index (χ3v) is 10.1. The van der Waals surface area contributed by atoms with Crippen LogP contribution in [0.15, 0.2) is 47.8 Å². The van der Waals surface area contributed by atoms with E-state index < -0.39 is 8.83 Å². The van der Waals surface area contributed by atoms with Gasteiger partial charge in [-0.1, -0.05) is 91.8 Å². The molecule has 0 spiro atoms. The van der Waals surface area contributed by atoms with Crippen LogP contribution in [-0.2, 0) is 0 Å². The van der Waals surface area contributed by atoms with Crippen LogP contribution in [0.3, 0.4) is 0 Å². The molecule has 0 aromatic heterocycles. The minimum absolute atomic E-state index is 0.360. The van der Waals surface area contributed by atoms with Crippen LogP contribution in [-0.4, -0.2) is 0 Å². The van der Waals surface area contributed by atoms with Crippen LogP contribution in [0.2, 0.25) is 0 Å². The molecule has 33 heavy (non-hydrogen) atoms. The first kappa shape index (κ1) is 26.3. The lowest BCUT2D eigenvalue weighted by Gasteiger charge is -2.44. The molecular weight excluding hydrogens is 467 g/mol. The molecule has 182 valence electrons. The Kier molecular flexibility index (Phi) is 7.78. The highest BCUT2D eigenvalue weighted by atomic mass is 36.0. The fourth-order valence-electron chi connectivity index (χ4n) is 4.75. The average molecular weight is 508 g/mol. The minimum Gasteiger partial charge on any atom is -0.265 e. The second kappa shape index (κ2) is 9.76. The predicted octanol–water partition coefficient (Wildman–Crippen LogP) is 10.7. The Labute approximate surface area is 212 Å². The zero-order valence-electron chi connectivity index (χ0n) is 21.8. The third-order valence-electron chi connectivity index (χ3n) is 6.66. The van der Waals surface area contributed by atoms with Crippen molar-refractivity contribution in [3.05, 3.63) is 70.0 Å². The highest BCUT2D eigenvalue weighted by molar-refractivity contribution is 8.67. The Morgan fingerprint density at radius 3 is 1.00 bits per heavy atom. The molecule has 0 bridgehead atoms. The fraction of sp³-hybridized carbons (Fsp3) is 0.500. The number of anilines is 2. The number of hydrogen-bond acceptors (Lipinski definition) is 2. The quantitative estimate of drug-likeness (QED) is 0.384. The van der Waals surface area contributed by atoms with Gasteiger partial charge in [-0.05, 0) is 81.1 Å². The van der Waals surface area contributed by atoms with Gasteiger partial charge in [0.2, 0.25) is 0 Å². The number of benzene rings is 2. The van der Waals surface area contributed by atoms with Crippen LogP contribution in [0, 0.1) is 0 Å². The summed E-state index contributed by atoms with van der Waals surface area (Å²) in [4.78, 5) is 0. The lowest BCUT2D eigenvalue weighted by atomic mass is 9.92. The lowest BCUT2D eigenvalue weighted by molar-refractivity contribution is 0.831. The van der Waals surface area contributed by atoms with Crippen molar-refractivity contribution in [3.8, 4) is 0 Å². The third kappa shape index (κ3) is 4.54. The van der Waals surface area contributed by atoms with E-state index in [1.807, 2.05) is 0 Å². The first-order valence-corrected chi connectivity index (χ1v) is 15.3. The SMILES string of the molecule is CC1=C(C)N(c2c(C(C)C)cccc2C(C)C)S(Cl)(Cl)N1c1c(C(C)C)cccc1C(C)C. The van der Waals surface area contributed by atoms with E-state index in [4.69, 9.17) is 21.4 Å². The average Bonchev–Trinajstić information content (AvgIpc) is 2.90. The van der Waals surface area contributed by atoms with Gasteiger partial charge in [-0.25, -0.2) is 0 Å². The molecule has 2 aromatic carbocycles. The van der Waals surface area contributed by atoms with Crippen LogP contribution >= 0.6 is 30.2 Å². The zero-order chi connectivity index (χ0) is 24.8. The Morgan fingerprint density at radius 1 is 0.545 bits per heavy atom. The van der Waals surface area contributed by atoms with Crippen molar-refractivity contribution in [3.63, 3.8) is 0 Å². The van der Waals surface area contributed by atoms with Gasteiger partial charge in [0.05, 0.1) is 20.2 Å².